The number of carbonyl (C=O) groups is 2. The molecular formula is C27H46ClNO4. The number of aliphatic hydroxyl groups is 1. The zero-order chi connectivity index (χ0) is 23.5. The van der Waals surface area contributed by atoms with Gasteiger partial charge < -0.3 is 15.6 Å². The molecule has 0 heterocycles. The van der Waals surface area contributed by atoms with Crippen LogP contribution in [0, 0.1) is 46.3 Å². The molecule has 0 aliphatic heterocycles. The monoisotopic (exact) mass is 483 g/mol. The number of fused-ring (bicyclic) bond motifs is 5. The maximum atomic E-state index is 13.2. The molecule has 2 unspecified atom stereocenters. The average molecular weight is 484 g/mol. The van der Waals surface area contributed by atoms with Crippen LogP contribution >= 0.6 is 12.4 Å². The van der Waals surface area contributed by atoms with E-state index >= 15 is 0 Å². The molecule has 0 bridgehead atoms. The van der Waals surface area contributed by atoms with Gasteiger partial charge in [-0.15, -0.1) is 12.4 Å². The summed E-state index contributed by atoms with van der Waals surface area (Å²) in [5.74, 6) is 2.24. The first-order valence-electron chi connectivity index (χ1n) is 13.1. The molecule has 0 radical (unpaired) electrons. The molecule has 6 heteroatoms. The quantitative estimate of drug-likeness (QED) is 0.542. The molecule has 4 aliphatic carbocycles. The second-order valence-corrected chi connectivity index (χ2v) is 12.9. The predicted octanol–water partition coefficient (Wildman–Crippen LogP) is 4.91. The number of esters is 1. The van der Waals surface area contributed by atoms with Crippen molar-refractivity contribution in [3.8, 4) is 0 Å². The van der Waals surface area contributed by atoms with E-state index in [-0.39, 0.29) is 42.0 Å². The van der Waals surface area contributed by atoms with Gasteiger partial charge in [0.05, 0.1) is 5.60 Å². The Labute approximate surface area is 206 Å². The van der Waals surface area contributed by atoms with E-state index in [1.165, 1.54) is 19.3 Å². The minimum absolute atomic E-state index is 0. The molecule has 4 saturated carbocycles. The van der Waals surface area contributed by atoms with Gasteiger partial charge in [-0.3, -0.25) is 9.59 Å². The lowest BCUT2D eigenvalue weighted by Gasteiger charge is -2.61. The molecule has 4 aliphatic rings. The molecular weight excluding hydrogens is 438 g/mol. The van der Waals surface area contributed by atoms with Gasteiger partial charge in [-0.25, -0.2) is 0 Å². The van der Waals surface area contributed by atoms with E-state index in [1.54, 1.807) is 0 Å². The summed E-state index contributed by atoms with van der Waals surface area (Å²) in [5.41, 5.74) is 5.74. The van der Waals surface area contributed by atoms with Gasteiger partial charge in [-0.05, 0) is 105 Å². The van der Waals surface area contributed by atoms with Crippen LogP contribution in [0.3, 0.4) is 0 Å². The van der Waals surface area contributed by atoms with Crippen LogP contribution in [0.2, 0.25) is 0 Å². The number of halogens is 1. The molecule has 0 aromatic heterocycles. The zero-order valence-corrected chi connectivity index (χ0v) is 22.1. The lowest BCUT2D eigenvalue weighted by Crippen LogP contribution is -2.55. The molecule has 3 N–H and O–H groups in total. The summed E-state index contributed by atoms with van der Waals surface area (Å²) in [6, 6.07) is -0.669. The molecule has 9 atom stereocenters. The topological polar surface area (TPSA) is 89.6 Å². The highest BCUT2D eigenvalue weighted by Gasteiger charge is 2.61. The average Bonchev–Trinajstić information content (AvgIpc) is 3.08. The molecule has 0 amide bonds. The molecule has 0 saturated heterocycles. The van der Waals surface area contributed by atoms with Crippen molar-refractivity contribution >= 4 is 24.2 Å². The van der Waals surface area contributed by atoms with Gasteiger partial charge in [0.25, 0.3) is 0 Å². The highest BCUT2D eigenvalue weighted by atomic mass is 35.5. The number of rotatable bonds is 5. The van der Waals surface area contributed by atoms with Crippen molar-refractivity contribution in [2.45, 2.75) is 104 Å². The number of ketones is 1. The maximum Gasteiger partial charge on any atom is 0.323 e. The van der Waals surface area contributed by atoms with Crippen LogP contribution < -0.4 is 5.73 Å². The first kappa shape index (κ1) is 26.9. The third-order valence-electron chi connectivity index (χ3n) is 10.7. The van der Waals surface area contributed by atoms with Crippen LogP contribution in [0.4, 0.5) is 0 Å². The third kappa shape index (κ3) is 4.63. The normalized spacial score (nSPS) is 45.3. The summed E-state index contributed by atoms with van der Waals surface area (Å²) < 4.78 is 5.34. The summed E-state index contributed by atoms with van der Waals surface area (Å²) in [6.07, 6.45) is 9.75. The fraction of sp³-hybridized carbons (Fsp3) is 0.926. The van der Waals surface area contributed by atoms with Crippen molar-refractivity contribution in [1.29, 1.82) is 0 Å². The Hall–Kier alpha value is -0.650. The fourth-order valence-corrected chi connectivity index (χ4v) is 8.57. The molecule has 4 fully saturated rings. The highest BCUT2D eigenvalue weighted by Crippen LogP contribution is 2.68. The van der Waals surface area contributed by atoms with Crippen molar-refractivity contribution in [2.75, 3.05) is 6.61 Å². The van der Waals surface area contributed by atoms with E-state index in [2.05, 4.69) is 13.8 Å². The SMILES string of the molecule is CC(C)[C@H](N)C(=O)OCC(=O)[C@H]1CC[C@H]2[C@@H]3CCC4C[C@](C)(O)CC[C@]4(C)C3CC[C@]12C.Cl. The number of carbonyl (C=O) groups excluding carboxylic acids is 2. The van der Waals surface area contributed by atoms with Crippen molar-refractivity contribution in [1.82, 2.24) is 0 Å². The Morgan fingerprint density at radius 1 is 0.970 bits per heavy atom. The molecule has 0 aromatic rings. The minimum Gasteiger partial charge on any atom is -0.457 e. The number of Topliss-reactive ketones (excluding diaryl/α,β-unsaturated/α-hetero) is 1. The standard InChI is InChI=1S/C27H45NO4.ClH/c1-16(2)23(28)24(30)32-15-22(29)21-9-8-19-18-7-6-17-14-25(3,31)12-13-26(17,4)20(18)10-11-27(19,21)5;/h16-21,23,31H,6-15,28H2,1-5H3;1H/t17?,18-,19-,20?,21+,23-,25+,26-,27-;/m0./s1. The largest absolute Gasteiger partial charge is 0.457 e. The van der Waals surface area contributed by atoms with Crippen molar-refractivity contribution in [3.05, 3.63) is 0 Å². The molecule has 0 aromatic carbocycles. The van der Waals surface area contributed by atoms with Gasteiger partial charge in [0.2, 0.25) is 0 Å². The van der Waals surface area contributed by atoms with Gasteiger partial charge in [-0.1, -0.05) is 27.7 Å². The van der Waals surface area contributed by atoms with Crippen LogP contribution in [0.25, 0.3) is 0 Å². The molecule has 33 heavy (non-hydrogen) atoms. The fourth-order valence-electron chi connectivity index (χ4n) is 8.57. The van der Waals surface area contributed by atoms with E-state index in [1.807, 2.05) is 20.8 Å². The molecule has 4 rings (SSSR count). The zero-order valence-electron chi connectivity index (χ0n) is 21.3. The summed E-state index contributed by atoms with van der Waals surface area (Å²) in [4.78, 5) is 25.3. The van der Waals surface area contributed by atoms with Gasteiger partial charge >= 0.3 is 5.97 Å². The summed E-state index contributed by atoms with van der Waals surface area (Å²) in [7, 11) is 0. The molecule has 190 valence electrons. The van der Waals surface area contributed by atoms with Crippen LogP contribution in [-0.4, -0.2) is 35.1 Å². The second-order valence-electron chi connectivity index (χ2n) is 12.9. The van der Waals surface area contributed by atoms with E-state index in [0.717, 1.165) is 38.5 Å². The number of hydrogen-bond donors (Lipinski definition) is 2. The Morgan fingerprint density at radius 3 is 2.30 bits per heavy atom. The molecule has 5 nitrogen and oxygen atoms in total. The Balaban J connectivity index is 0.00000306. The third-order valence-corrected chi connectivity index (χ3v) is 10.7. The van der Waals surface area contributed by atoms with Gasteiger partial charge in [0.1, 0.15) is 12.6 Å². The van der Waals surface area contributed by atoms with Crippen molar-refractivity contribution in [3.63, 3.8) is 0 Å². The lowest BCUT2D eigenvalue weighted by molar-refractivity contribution is -0.157. The number of ether oxygens (including phenoxy) is 1. The van der Waals surface area contributed by atoms with E-state index < -0.39 is 17.6 Å². The Morgan fingerprint density at radius 2 is 1.64 bits per heavy atom. The summed E-state index contributed by atoms with van der Waals surface area (Å²) >= 11 is 0. The van der Waals surface area contributed by atoms with Gasteiger partial charge in [0.15, 0.2) is 5.78 Å². The number of hydrogen-bond acceptors (Lipinski definition) is 5. The first-order valence-corrected chi connectivity index (χ1v) is 13.1. The molecule has 0 spiro atoms. The summed E-state index contributed by atoms with van der Waals surface area (Å²) in [6.45, 7) is 10.5. The summed E-state index contributed by atoms with van der Waals surface area (Å²) in [5, 5.41) is 10.7. The van der Waals surface area contributed by atoms with Crippen LogP contribution in [0.15, 0.2) is 0 Å². The highest BCUT2D eigenvalue weighted by molar-refractivity contribution is 5.86. The van der Waals surface area contributed by atoms with Crippen LogP contribution in [0.5, 0.6) is 0 Å². The lowest BCUT2D eigenvalue weighted by atomic mass is 9.44. The van der Waals surface area contributed by atoms with E-state index in [0.29, 0.717) is 29.1 Å². The van der Waals surface area contributed by atoms with Gasteiger partial charge in [0, 0.05) is 5.92 Å². The van der Waals surface area contributed by atoms with Crippen LogP contribution in [0.1, 0.15) is 92.4 Å². The Bertz CT molecular complexity index is 754. The second kappa shape index (κ2) is 9.43. The Kier molecular flexibility index (Phi) is 7.70. The van der Waals surface area contributed by atoms with Gasteiger partial charge in [-0.2, -0.15) is 0 Å². The maximum absolute atomic E-state index is 13.2. The smallest absolute Gasteiger partial charge is 0.323 e. The predicted molar refractivity (Wildman–Crippen MR) is 132 cm³/mol. The van der Waals surface area contributed by atoms with E-state index in [9.17, 15) is 14.7 Å². The van der Waals surface area contributed by atoms with Crippen molar-refractivity contribution in [2.24, 2.45) is 52.1 Å². The van der Waals surface area contributed by atoms with E-state index in [4.69, 9.17) is 10.5 Å². The number of nitrogens with two attached hydrogens (primary N) is 1. The minimum atomic E-state index is -0.669. The first-order chi connectivity index (χ1) is 14.9. The van der Waals surface area contributed by atoms with Crippen LogP contribution in [-0.2, 0) is 14.3 Å². The van der Waals surface area contributed by atoms with Crippen molar-refractivity contribution < 1.29 is 19.4 Å².